The molecule has 7 heteroatoms. The molecule has 4 nitrogen and oxygen atoms in total. The molecular formula is C15H15F2NO3S. The molecule has 0 fully saturated rings. The highest BCUT2D eigenvalue weighted by Gasteiger charge is 2.22. The van der Waals surface area contributed by atoms with E-state index < -0.39 is 21.7 Å². The van der Waals surface area contributed by atoms with Gasteiger partial charge in [-0.25, -0.2) is 17.2 Å². The topological polar surface area (TPSA) is 46.6 Å². The number of methoxy groups -OCH3 is 1. The Balaban J connectivity index is 2.26. The molecule has 0 atom stereocenters. The zero-order valence-corrected chi connectivity index (χ0v) is 12.9. The maximum absolute atomic E-state index is 13.2. The average molecular weight is 327 g/mol. The van der Waals surface area contributed by atoms with Gasteiger partial charge in [-0.3, -0.25) is 0 Å². The van der Waals surface area contributed by atoms with Gasteiger partial charge in [0.25, 0.3) is 0 Å². The fourth-order valence-electron chi connectivity index (χ4n) is 1.93. The predicted molar refractivity (Wildman–Crippen MR) is 78.0 cm³/mol. The van der Waals surface area contributed by atoms with E-state index in [9.17, 15) is 17.2 Å². The summed E-state index contributed by atoms with van der Waals surface area (Å²) in [6.45, 7) is 0.0819. The Labute approximate surface area is 128 Å². The zero-order chi connectivity index (χ0) is 16.3. The lowest BCUT2D eigenvalue weighted by atomic mass is 10.2. The monoisotopic (exact) mass is 327 g/mol. The molecule has 0 saturated heterocycles. The number of halogens is 2. The molecule has 0 saturated carbocycles. The van der Waals surface area contributed by atoms with E-state index in [1.165, 1.54) is 14.2 Å². The molecule has 0 heterocycles. The molecule has 2 rings (SSSR count). The first-order chi connectivity index (χ1) is 10.3. The average Bonchev–Trinajstić information content (AvgIpc) is 2.50. The van der Waals surface area contributed by atoms with Crippen molar-refractivity contribution in [2.75, 3.05) is 14.2 Å². The highest BCUT2D eigenvalue weighted by atomic mass is 32.2. The van der Waals surface area contributed by atoms with Crippen molar-refractivity contribution < 1.29 is 21.9 Å². The van der Waals surface area contributed by atoms with E-state index in [1.807, 2.05) is 0 Å². The second-order valence-electron chi connectivity index (χ2n) is 4.69. The van der Waals surface area contributed by atoms with E-state index in [4.69, 9.17) is 4.74 Å². The van der Waals surface area contributed by atoms with Crippen LogP contribution in [0.4, 0.5) is 8.78 Å². The van der Waals surface area contributed by atoms with Crippen LogP contribution in [0.5, 0.6) is 5.75 Å². The van der Waals surface area contributed by atoms with Crippen molar-refractivity contribution >= 4 is 10.0 Å². The third-order valence-electron chi connectivity index (χ3n) is 3.14. The Kier molecular flexibility index (Phi) is 4.77. The summed E-state index contributed by atoms with van der Waals surface area (Å²) in [7, 11) is -1.02. The standard InChI is InChI=1S/C15H15F2NO3S/c1-18(10-11-4-3-5-12(8-11)21-2)22(19,20)13-6-7-14(16)15(17)9-13/h3-9H,10H2,1-2H3. The second-order valence-corrected chi connectivity index (χ2v) is 6.73. The van der Waals surface area contributed by atoms with Gasteiger partial charge >= 0.3 is 0 Å². The van der Waals surface area contributed by atoms with E-state index in [0.717, 1.165) is 16.4 Å². The van der Waals surface area contributed by atoms with Crippen molar-refractivity contribution in [2.24, 2.45) is 0 Å². The Morgan fingerprint density at radius 2 is 1.82 bits per heavy atom. The Morgan fingerprint density at radius 1 is 1.09 bits per heavy atom. The molecule has 118 valence electrons. The van der Waals surface area contributed by atoms with Crippen molar-refractivity contribution in [1.82, 2.24) is 4.31 Å². The quantitative estimate of drug-likeness (QED) is 0.848. The lowest BCUT2D eigenvalue weighted by Gasteiger charge is -2.17. The van der Waals surface area contributed by atoms with Crippen LogP contribution >= 0.6 is 0 Å². The van der Waals surface area contributed by atoms with Crippen LogP contribution in [-0.2, 0) is 16.6 Å². The summed E-state index contributed by atoms with van der Waals surface area (Å²) in [5.41, 5.74) is 0.716. The summed E-state index contributed by atoms with van der Waals surface area (Å²) in [5, 5.41) is 0. The van der Waals surface area contributed by atoms with Gasteiger partial charge < -0.3 is 4.74 Å². The molecule has 0 aromatic heterocycles. The van der Waals surface area contributed by atoms with Gasteiger partial charge in [-0.05, 0) is 35.9 Å². The van der Waals surface area contributed by atoms with Gasteiger partial charge in [-0.2, -0.15) is 4.31 Å². The van der Waals surface area contributed by atoms with Crippen LogP contribution in [0.25, 0.3) is 0 Å². The van der Waals surface area contributed by atoms with Crippen LogP contribution in [0.15, 0.2) is 47.4 Å². The number of rotatable bonds is 5. The van der Waals surface area contributed by atoms with E-state index in [2.05, 4.69) is 0 Å². The first-order valence-electron chi connectivity index (χ1n) is 6.39. The molecule has 0 aliphatic carbocycles. The summed E-state index contributed by atoms with van der Waals surface area (Å²) in [5.74, 6) is -1.68. The van der Waals surface area contributed by atoms with Crippen LogP contribution < -0.4 is 4.74 Å². The number of hydrogen-bond acceptors (Lipinski definition) is 3. The highest BCUT2D eigenvalue weighted by molar-refractivity contribution is 7.89. The summed E-state index contributed by atoms with van der Waals surface area (Å²) >= 11 is 0. The summed E-state index contributed by atoms with van der Waals surface area (Å²) in [6, 6.07) is 9.45. The molecule has 0 radical (unpaired) electrons. The zero-order valence-electron chi connectivity index (χ0n) is 12.1. The Bertz CT molecular complexity index is 778. The Hall–Kier alpha value is -1.99. The molecule has 0 N–H and O–H groups in total. The molecule has 0 aliphatic heterocycles. The fraction of sp³-hybridized carbons (Fsp3) is 0.200. The van der Waals surface area contributed by atoms with Crippen molar-refractivity contribution in [3.8, 4) is 5.75 Å². The summed E-state index contributed by atoms with van der Waals surface area (Å²) in [6.07, 6.45) is 0. The molecule has 2 aromatic rings. The third-order valence-corrected chi connectivity index (χ3v) is 4.94. The maximum Gasteiger partial charge on any atom is 0.243 e. The Morgan fingerprint density at radius 3 is 2.45 bits per heavy atom. The number of ether oxygens (including phenoxy) is 1. The minimum atomic E-state index is -3.91. The lowest BCUT2D eigenvalue weighted by molar-refractivity contribution is 0.412. The van der Waals surface area contributed by atoms with Crippen molar-refractivity contribution in [1.29, 1.82) is 0 Å². The van der Waals surface area contributed by atoms with Gasteiger partial charge in [-0.15, -0.1) is 0 Å². The SMILES string of the molecule is COc1cccc(CN(C)S(=O)(=O)c2ccc(F)c(F)c2)c1. The van der Waals surface area contributed by atoms with Gasteiger partial charge in [0.15, 0.2) is 11.6 Å². The molecule has 0 spiro atoms. The van der Waals surface area contributed by atoms with Crippen LogP contribution in [0.2, 0.25) is 0 Å². The van der Waals surface area contributed by atoms with Gasteiger partial charge in [0.2, 0.25) is 10.0 Å². The molecule has 2 aromatic carbocycles. The van der Waals surface area contributed by atoms with Crippen LogP contribution in [0, 0.1) is 11.6 Å². The lowest BCUT2D eigenvalue weighted by Crippen LogP contribution is -2.26. The highest BCUT2D eigenvalue weighted by Crippen LogP contribution is 2.20. The van der Waals surface area contributed by atoms with Gasteiger partial charge in [0.1, 0.15) is 5.75 Å². The fourth-order valence-corrected chi connectivity index (χ4v) is 3.10. The number of hydrogen-bond donors (Lipinski definition) is 0. The largest absolute Gasteiger partial charge is 0.497 e. The van der Waals surface area contributed by atoms with Crippen molar-refractivity contribution in [3.63, 3.8) is 0 Å². The predicted octanol–water partition coefficient (Wildman–Crippen LogP) is 2.79. The van der Waals surface area contributed by atoms with Gasteiger partial charge in [0, 0.05) is 13.6 Å². The molecular weight excluding hydrogens is 312 g/mol. The number of nitrogens with zero attached hydrogens (tertiary/aromatic N) is 1. The number of sulfonamides is 1. The van der Waals surface area contributed by atoms with E-state index in [0.29, 0.717) is 17.4 Å². The minimum Gasteiger partial charge on any atom is -0.497 e. The van der Waals surface area contributed by atoms with Crippen molar-refractivity contribution in [3.05, 3.63) is 59.7 Å². The molecule has 0 bridgehead atoms. The summed E-state index contributed by atoms with van der Waals surface area (Å²) in [4.78, 5) is -0.295. The number of benzene rings is 2. The molecule has 0 amide bonds. The van der Waals surface area contributed by atoms with E-state index >= 15 is 0 Å². The molecule has 0 aliphatic rings. The first kappa shape index (κ1) is 16.4. The van der Waals surface area contributed by atoms with Crippen molar-refractivity contribution in [2.45, 2.75) is 11.4 Å². The first-order valence-corrected chi connectivity index (χ1v) is 7.83. The molecule has 0 unspecified atom stereocenters. The normalized spacial score (nSPS) is 11.7. The smallest absolute Gasteiger partial charge is 0.243 e. The van der Waals surface area contributed by atoms with E-state index in [-0.39, 0.29) is 11.4 Å². The molecule has 22 heavy (non-hydrogen) atoms. The van der Waals surface area contributed by atoms with Gasteiger partial charge in [-0.1, -0.05) is 12.1 Å². The second kappa shape index (κ2) is 6.41. The van der Waals surface area contributed by atoms with Crippen LogP contribution in [0.1, 0.15) is 5.56 Å². The van der Waals surface area contributed by atoms with Gasteiger partial charge in [0.05, 0.1) is 12.0 Å². The summed E-state index contributed by atoms with van der Waals surface area (Å²) < 4.78 is 57.0. The third kappa shape index (κ3) is 3.42. The van der Waals surface area contributed by atoms with E-state index in [1.54, 1.807) is 24.3 Å². The minimum absolute atomic E-state index is 0.0819. The maximum atomic E-state index is 13.2. The van der Waals surface area contributed by atoms with Crippen LogP contribution in [-0.4, -0.2) is 26.9 Å². The van der Waals surface area contributed by atoms with Crippen LogP contribution in [0.3, 0.4) is 0 Å².